The van der Waals surface area contributed by atoms with Crippen LogP contribution in [0.15, 0.2) is 29.5 Å². The summed E-state index contributed by atoms with van der Waals surface area (Å²) in [6.07, 6.45) is 4.58. The summed E-state index contributed by atoms with van der Waals surface area (Å²) in [5.74, 6) is -0.770. The Labute approximate surface area is 129 Å². The number of carbonyl (C=O) groups is 2. The summed E-state index contributed by atoms with van der Waals surface area (Å²) in [6, 6.07) is 2.02. The Morgan fingerprint density at radius 1 is 1.52 bits per heavy atom. The molecule has 2 heterocycles. The Bertz CT molecular complexity index is 512. The molecule has 5 heteroatoms. The largest absolute Gasteiger partial charge is 0.481 e. The quantitative estimate of drug-likeness (QED) is 0.822. The fourth-order valence-corrected chi connectivity index (χ4v) is 3.60. The Hall–Kier alpha value is -1.62. The number of thiophene rings is 1. The van der Waals surface area contributed by atoms with Gasteiger partial charge in [0.25, 0.3) is 0 Å². The minimum absolute atomic E-state index is 0.0515. The van der Waals surface area contributed by atoms with E-state index in [0.29, 0.717) is 32.4 Å². The van der Waals surface area contributed by atoms with E-state index in [1.165, 1.54) is 5.56 Å². The van der Waals surface area contributed by atoms with Crippen molar-refractivity contribution < 1.29 is 14.7 Å². The van der Waals surface area contributed by atoms with Gasteiger partial charge >= 0.3 is 5.97 Å². The van der Waals surface area contributed by atoms with Crippen LogP contribution < -0.4 is 0 Å². The molecule has 0 aromatic carbocycles. The number of amides is 1. The Balaban J connectivity index is 1.97. The highest BCUT2D eigenvalue weighted by Crippen LogP contribution is 2.34. The van der Waals surface area contributed by atoms with Crippen LogP contribution in [0.3, 0.4) is 0 Å². The number of nitrogens with zero attached hydrogens (tertiary/aromatic N) is 1. The first-order valence-electron chi connectivity index (χ1n) is 7.20. The molecule has 114 valence electrons. The number of piperidine rings is 1. The van der Waals surface area contributed by atoms with Gasteiger partial charge in [0.05, 0.1) is 5.41 Å². The van der Waals surface area contributed by atoms with Gasteiger partial charge in [-0.05, 0) is 48.1 Å². The van der Waals surface area contributed by atoms with E-state index in [0.717, 1.165) is 12.8 Å². The van der Waals surface area contributed by atoms with Crippen molar-refractivity contribution in [1.82, 2.24) is 4.90 Å². The second-order valence-corrected chi connectivity index (χ2v) is 6.41. The van der Waals surface area contributed by atoms with Gasteiger partial charge in [-0.1, -0.05) is 6.08 Å². The molecule has 1 aliphatic heterocycles. The second-order valence-electron chi connectivity index (χ2n) is 5.63. The Morgan fingerprint density at radius 2 is 2.33 bits per heavy atom. The number of carboxylic acids is 1. The van der Waals surface area contributed by atoms with Gasteiger partial charge in [-0.15, -0.1) is 6.58 Å². The van der Waals surface area contributed by atoms with E-state index in [9.17, 15) is 14.7 Å². The van der Waals surface area contributed by atoms with Crippen LogP contribution in [0.5, 0.6) is 0 Å². The van der Waals surface area contributed by atoms with Gasteiger partial charge in [0, 0.05) is 19.5 Å². The average molecular weight is 307 g/mol. The molecule has 1 aromatic rings. The molecule has 4 nitrogen and oxygen atoms in total. The van der Waals surface area contributed by atoms with Crippen LogP contribution in [-0.4, -0.2) is 35.0 Å². The van der Waals surface area contributed by atoms with E-state index in [4.69, 9.17) is 0 Å². The zero-order valence-corrected chi connectivity index (χ0v) is 12.9. The van der Waals surface area contributed by atoms with Crippen molar-refractivity contribution in [3.05, 3.63) is 35.0 Å². The summed E-state index contributed by atoms with van der Waals surface area (Å²) in [7, 11) is 0. The number of aryl methyl sites for hydroxylation is 1. The average Bonchev–Trinajstić information content (AvgIpc) is 2.98. The SMILES string of the molecule is C=CC[C@@]1(C(=O)O)CCCN(C(=O)CCc2ccsc2)C1. The van der Waals surface area contributed by atoms with Gasteiger partial charge < -0.3 is 10.0 Å². The van der Waals surface area contributed by atoms with Gasteiger partial charge in [0.1, 0.15) is 0 Å². The highest BCUT2D eigenvalue weighted by Gasteiger charge is 2.42. The smallest absolute Gasteiger partial charge is 0.311 e. The lowest BCUT2D eigenvalue weighted by Crippen LogP contribution is -2.49. The molecule has 0 aliphatic carbocycles. The van der Waals surface area contributed by atoms with E-state index in [2.05, 4.69) is 6.58 Å². The lowest BCUT2D eigenvalue weighted by molar-refractivity contribution is -0.154. The molecule has 1 atom stereocenters. The number of hydrogen-bond acceptors (Lipinski definition) is 3. The van der Waals surface area contributed by atoms with E-state index in [1.54, 1.807) is 22.3 Å². The third kappa shape index (κ3) is 3.73. The minimum Gasteiger partial charge on any atom is -0.481 e. The Kier molecular flexibility index (Phi) is 5.17. The van der Waals surface area contributed by atoms with Crippen molar-refractivity contribution in [2.75, 3.05) is 13.1 Å². The van der Waals surface area contributed by atoms with Gasteiger partial charge in [0.2, 0.25) is 5.91 Å². The summed E-state index contributed by atoms with van der Waals surface area (Å²) >= 11 is 1.62. The fourth-order valence-electron chi connectivity index (χ4n) is 2.89. The van der Waals surface area contributed by atoms with E-state index >= 15 is 0 Å². The van der Waals surface area contributed by atoms with Crippen LogP contribution in [-0.2, 0) is 16.0 Å². The van der Waals surface area contributed by atoms with Crippen LogP contribution in [0.4, 0.5) is 0 Å². The number of aliphatic carboxylic acids is 1. The molecule has 21 heavy (non-hydrogen) atoms. The molecule has 1 fully saturated rings. The molecule has 1 saturated heterocycles. The van der Waals surface area contributed by atoms with Crippen LogP contribution in [0.25, 0.3) is 0 Å². The molecular formula is C16H21NO3S. The number of carboxylic acid groups (broad SMARTS) is 1. The standard InChI is InChI=1S/C16H21NO3S/c1-2-7-16(15(19)20)8-3-9-17(12-16)14(18)5-4-13-6-10-21-11-13/h2,6,10-11H,1,3-5,7-9,12H2,(H,19,20)/t16-/m1/s1. The summed E-state index contributed by atoms with van der Waals surface area (Å²) in [6.45, 7) is 4.62. The predicted octanol–water partition coefficient (Wildman–Crippen LogP) is 2.95. The third-order valence-corrected chi connectivity index (χ3v) is 4.86. The maximum atomic E-state index is 12.3. The lowest BCUT2D eigenvalue weighted by atomic mass is 9.77. The molecule has 1 aromatic heterocycles. The molecular weight excluding hydrogens is 286 g/mol. The summed E-state index contributed by atoms with van der Waals surface area (Å²) in [5, 5.41) is 13.6. The van der Waals surface area contributed by atoms with Crippen LogP contribution >= 0.6 is 11.3 Å². The number of hydrogen-bond donors (Lipinski definition) is 1. The van der Waals surface area contributed by atoms with Gasteiger partial charge in [-0.3, -0.25) is 9.59 Å². The van der Waals surface area contributed by atoms with Crippen LogP contribution in [0.1, 0.15) is 31.2 Å². The normalized spacial score (nSPS) is 22.0. The fraction of sp³-hybridized carbons (Fsp3) is 0.500. The maximum absolute atomic E-state index is 12.3. The first kappa shape index (κ1) is 15.8. The van der Waals surface area contributed by atoms with Crippen molar-refractivity contribution in [2.45, 2.75) is 32.1 Å². The third-order valence-electron chi connectivity index (χ3n) is 4.13. The maximum Gasteiger partial charge on any atom is 0.311 e. The van der Waals surface area contributed by atoms with Crippen molar-refractivity contribution in [2.24, 2.45) is 5.41 Å². The molecule has 0 radical (unpaired) electrons. The Morgan fingerprint density at radius 3 is 2.95 bits per heavy atom. The lowest BCUT2D eigenvalue weighted by Gasteiger charge is -2.39. The zero-order chi connectivity index (χ0) is 15.3. The van der Waals surface area contributed by atoms with E-state index in [1.807, 2.05) is 16.8 Å². The second kappa shape index (κ2) is 6.89. The van der Waals surface area contributed by atoms with E-state index < -0.39 is 11.4 Å². The summed E-state index contributed by atoms with van der Waals surface area (Å²) < 4.78 is 0. The van der Waals surface area contributed by atoms with Gasteiger partial charge in [-0.2, -0.15) is 11.3 Å². The zero-order valence-electron chi connectivity index (χ0n) is 12.1. The highest BCUT2D eigenvalue weighted by molar-refractivity contribution is 7.07. The highest BCUT2D eigenvalue weighted by atomic mass is 32.1. The first-order valence-corrected chi connectivity index (χ1v) is 8.15. The van der Waals surface area contributed by atoms with Gasteiger partial charge in [-0.25, -0.2) is 0 Å². The molecule has 1 aliphatic rings. The van der Waals surface area contributed by atoms with Gasteiger partial charge in [0.15, 0.2) is 0 Å². The topological polar surface area (TPSA) is 57.6 Å². The monoisotopic (exact) mass is 307 g/mol. The van der Waals surface area contributed by atoms with Crippen LogP contribution in [0.2, 0.25) is 0 Å². The molecule has 1 amide bonds. The van der Waals surface area contributed by atoms with E-state index in [-0.39, 0.29) is 5.91 Å². The molecule has 0 bridgehead atoms. The molecule has 0 spiro atoms. The molecule has 0 saturated carbocycles. The van der Waals surface area contributed by atoms with Crippen molar-refractivity contribution in [1.29, 1.82) is 0 Å². The minimum atomic E-state index is -0.849. The van der Waals surface area contributed by atoms with Crippen molar-refractivity contribution in [3.63, 3.8) is 0 Å². The van der Waals surface area contributed by atoms with Crippen molar-refractivity contribution in [3.8, 4) is 0 Å². The number of rotatable bonds is 6. The number of carbonyl (C=O) groups excluding carboxylic acids is 1. The van der Waals surface area contributed by atoms with Crippen molar-refractivity contribution >= 4 is 23.2 Å². The summed E-state index contributed by atoms with van der Waals surface area (Å²) in [4.78, 5) is 25.6. The number of likely N-dealkylation sites (tertiary alicyclic amines) is 1. The van der Waals surface area contributed by atoms with Crippen LogP contribution in [0, 0.1) is 5.41 Å². The summed E-state index contributed by atoms with van der Waals surface area (Å²) in [5.41, 5.74) is 0.318. The molecule has 2 rings (SSSR count). The first-order chi connectivity index (χ1) is 10.1. The number of allylic oxidation sites excluding steroid dienone is 1. The molecule has 0 unspecified atom stereocenters. The molecule has 1 N–H and O–H groups in total. The predicted molar refractivity (Wildman–Crippen MR) is 83.3 cm³/mol.